The fraction of sp³-hybridized carbons (Fsp3) is 1.00. The first kappa shape index (κ1) is 12.9. The summed E-state index contributed by atoms with van der Waals surface area (Å²) in [5.41, 5.74) is 0.0498. The van der Waals surface area contributed by atoms with E-state index in [1.54, 1.807) is 14.1 Å². The normalized spacial score (nSPS) is 14.6. The van der Waals surface area contributed by atoms with E-state index in [1.807, 2.05) is 20.8 Å². The zero-order valence-corrected chi connectivity index (χ0v) is 9.85. The molecule has 0 aliphatic rings. The monoisotopic (exact) mass is 210 g/mol. The summed E-state index contributed by atoms with van der Waals surface area (Å²) in [6.07, 6.45) is 0. The highest BCUT2D eigenvalue weighted by Crippen LogP contribution is 2.18. The van der Waals surface area contributed by atoms with Gasteiger partial charge in [0.1, 0.15) is 0 Å². The largest absolute Gasteiger partial charge is 0.316 e. The van der Waals surface area contributed by atoms with Gasteiger partial charge in [-0.3, -0.25) is 4.55 Å². The van der Waals surface area contributed by atoms with Crippen LogP contribution in [0, 0.1) is 5.41 Å². The quantitative estimate of drug-likeness (QED) is 0.557. The van der Waals surface area contributed by atoms with Crippen molar-refractivity contribution < 1.29 is 17.5 Å². The number of quaternary nitrogens is 1. The van der Waals surface area contributed by atoms with Crippen molar-refractivity contribution in [3.8, 4) is 0 Å². The Labute approximate surface area is 80.9 Å². The molecule has 0 unspecified atom stereocenters. The molecule has 80 valence electrons. The molecule has 0 aromatic rings. The van der Waals surface area contributed by atoms with Crippen LogP contribution in [0.25, 0.3) is 0 Å². The van der Waals surface area contributed by atoms with Crippen LogP contribution in [0.4, 0.5) is 0 Å². The Kier molecular flexibility index (Phi) is 3.52. The maximum atomic E-state index is 10.7. The maximum Gasteiger partial charge on any atom is 0.316 e. The highest BCUT2D eigenvalue weighted by molar-refractivity contribution is 7.85. The molecule has 0 aromatic heterocycles. The Morgan fingerprint density at radius 2 is 1.62 bits per heavy atom. The minimum absolute atomic E-state index is 0.0498. The van der Waals surface area contributed by atoms with Crippen LogP contribution in [0.5, 0.6) is 0 Å². The van der Waals surface area contributed by atoms with E-state index >= 15 is 0 Å². The van der Waals surface area contributed by atoms with Crippen LogP contribution in [-0.4, -0.2) is 44.0 Å². The average molecular weight is 210 g/mol. The predicted molar refractivity (Wildman–Crippen MR) is 52.8 cm³/mol. The van der Waals surface area contributed by atoms with E-state index < -0.39 is 10.1 Å². The SMILES string of the molecule is CC(C)(C)C[N+](C)(C)CS(=O)(=O)O. The molecular weight excluding hydrogens is 190 g/mol. The van der Waals surface area contributed by atoms with Gasteiger partial charge in [0.15, 0.2) is 0 Å². The number of hydrogen-bond acceptors (Lipinski definition) is 2. The van der Waals surface area contributed by atoms with Crippen molar-refractivity contribution in [3.63, 3.8) is 0 Å². The molecule has 0 bridgehead atoms. The van der Waals surface area contributed by atoms with Gasteiger partial charge in [0.05, 0.1) is 20.6 Å². The molecule has 0 heterocycles. The summed E-state index contributed by atoms with van der Waals surface area (Å²) in [7, 11) is -0.301. The minimum atomic E-state index is -3.88. The second-order valence-electron chi connectivity index (χ2n) is 5.37. The van der Waals surface area contributed by atoms with Crippen molar-refractivity contribution in [1.82, 2.24) is 0 Å². The molecule has 5 heteroatoms. The van der Waals surface area contributed by atoms with Gasteiger partial charge in [-0.15, -0.1) is 0 Å². The number of nitrogens with zero attached hydrogens (tertiary/aromatic N) is 1. The van der Waals surface area contributed by atoms with Crippen LogP contribution < -0.4 is 0 Å². The van der Waals surface area contributed by atoms with Gasteiger partial charge < -0.3 is 4.48 Å². The van der Waals surface area contributed by atoms with Crippen molar-refractivity contribution in [2.24, 2.45) is 5.41 Å². The molecule has 13 heavy (non-hydrogen) atoms. The van der Waals surface area contributed by atoms with Gasteiger partial charge in [-0.05, 0) is 0 Å². The molecule has 0 aliphatic carbocycles. The van der Waals surface area contributed by atoms with Gasteiger partial charge >= 0.3 is 10.1 Å². The van der Waals surface area contributed by atoms with Crippen molar-refractivity contribution in [2.45, 2.75) is 20.8 Å². The fourth-order valence-electron chi connectivity index (χ4n) is 1.77. The molecule has 0 atom stereocenters. The van der Waals surface area contributed by atoms with E-state index in [2.05, 4.69) is 0 Å². The van der Waals surface area contributed by atoms with Crippen LogP contribution in [-0.2, 0) is 10.1 Å². The summed E-state index contributed by atoms with van der Waals surface area (Å²) >= 11 is 0. The van der Waals surface area contributed by atoms with Crippen molar-refractivity contribution >= 4 is 10.1 Å². The molecule has 0 amide bonds. The van der Waals surface area contributed by atoms with E-state index in [1.165, 1.54) is 0 Å². The van der Waals surface area contributed by atoms with E-state index in [4.69, 9.17) is 4.55 Å². The predicted octanol–water partition coefficient (Wildman–Crippen LogP) is 0.954. The Bertz CT molecular complexity index is 262. The lowest BCUT2D eigenvalue weighted by Gasteiger charge is -2.34. The molecule has 0 saturated carbocycles. The first-order valence-electron chi connectivity index (χ1n) is 4.19. The standard InChI is InChI=1S/C8H19NO3S/c1-8(2,3)6-9(4,5)7-13(10,11)12/h6-7H2,1-5H3/p+1. The third kappa shape index (κ3) is 8.21. The van der Waals surface area contributed by atoms with Crippen LogP contribution in [0.3, 0.4) is 0 Å². The molecule has 0 spiro atoms. The van der Waals surface area contributed by atoms with Crippen LogP contribution in [0.15, 0.2) is 0 Å². The third-order valence-electron chi connectivity index (χ3n) is 1.42. The van der Waals surface area contributed by atoms with Crippen LogP contribution >= 0.6 is 0 Å². The number of rotatable bonds is 3. The first-order chi connectivity index (χ1) is 5.41. The number of hydrogen-bond donors (Lipinski definition) is 1. The summed E-state index contributed by atoms with van der Waals surface area (Å²) < 4.78 is 30.3. The summed E-state index contributed by atoms with van der Waals surface area (Å²) in [5.74, 6) is -0.232. The van der Waals surface area contributed by atoms with Gasteiger partial charge in [-0.2, -0.15) is 8.42 Å². The van der Waals surface area contributed by atoms with Crippen LogP contribution in [0.1, 0.15) is 20.8 Å². The zero-order valence-electron chi connectivity index (χ0n) is 9.03. The lowest BCUT2D eigenvalue weighted by Crippen LogP contribution is -2.48. The van der Waals surface area contributed by atoms with Gasteiger partial charge in [0.25, 0.3) is 0 Å². The van der Waals surface area contributed by atoms with E-state index in [0.29, 0.717) is 6.54 Å². The molecule has 0 radical (unpaired) electrons. The molecule has 4 nitrogen and oxygen atoms in total. The molecule has 0 aliphatic heterocycles. The lowest BCUT2D eigenvalue weighted by atomic mass is 9.96. The summed E-state index contributed by atoms with van der Waals surface area (Å²) in [5, 5.41) is 0. The Balaban J connectivity index is 4.43. The summed E-state index contributed by atoms with van der Waals surface area (Å²) in [6.45, 7) is 6.82. The third-order valence-corrected chi connectivity index (χ3v) is 2.44. The molecular formula is C8H20NO3S+. The topological polar surface area (TPSA) is 54.4 Å². The van der Waals surface area contributed by atoms with Gasteiger partial charge in [-0.25, -0.2) is 0 Å². The Morgan fingerprint density at radius 1 is 1.23 bits per heavy atom. The van der Waals surface area contributed by atoms with Crippen LogP contribution in [0.2, 0.25) is 0 Å². The van der Waals surface area contributed by atoms with Gasteiger partial charge in [0, 0.05) is 5.41 Å². The van der Waals surface area contributed by atoms with Crippen molar-refractivity contribution in [2.75, 3.05) is 26.5 Å². The summed E-state index contributed by atoms with van der Waals surface area (Å²) in [6, 6.07) is 0. The van der Waals surface area contributed by atoms with Crippen molar-refractivity contribution in [1.29, 1.82) is 0 Å². The zero-order chi connectivity index (χ0) is 10.9. The average Bonchev–Trinajstić information content (AvgIpc) is 1.43. The van der Waals surface area contributed by atoms with Gasteiger partial charge in [-0.1, -0.05) is 20.8 Å². The van der Waals surface area contributed by atoms with Gasteiger partial charge in [0.2, 0.25) is 5.88 Å². The molecule has 1 N–H and O–H groups in total. The smallest absolute Gasteiger partial charge is 0.313 e. The molecule has 0 saturated heterocycles. The maximum absolute atomic E-state index is 10.7. The highest BCUT2D eigenvalue weighted by atomic mass is 32.2. The van der Waals surface area contributed by atoms with E-state index in [0.717, 1.165) is 0 Å². The molecule has 0 fully saturated rings. The molecule has 0 aromatic carbocycles. The second-order valence-corrected chi connectivity index (χ2v) is 6.79. The second kappa shape index (κ2) is 3.55. The Morgan fingerprint density at radius 3 is 1.85 bits per heavy atom. The Hall–Kier alpha value is -0.130. The lowest BCUT2D eigenvalue weighted by molar-refractivity contribution is -0.884. The van der Waals surface area contributed by atoms with E-state index in [9.17, 15) is 8.42 Å². The minimum Gasteiger partial charge on any atom is -0.313 e. The highest BCUT2D eigenvalue weighted by Gasteiger charge is 2.28. The summed E-state index contributed by atoms with van der Waals surface area (Å²) in [4.78, 5) is 0. The van der Waals surface area contributed by atoms with Crippen molar-refractivity contribution in [3.05, 3.63) is 0 Å². The molecule has 0 rings (SSSR count). The fourth-order valence-corrected chi connectivity index (χ4v) is 2.75. The first-order valence-corrected chi connectivity index (χ1v) is 5.79. The van der Waals surface area contributed by atoms with E-state index in [-0.39, 0.29) is 15.8 Å².